The molecule has 1 saturated heterocycles. The van der Waals surface area contributed by atoms with Gasteiger partial charge in [-0.05, 0) is 30.9 Å². The zero-order valence-corrected chi connectivity index (χ0v) is 12.9. The summed E-state index contributed by atoms with van der Waals surface area (Å²) in [6, 6.07) is 6.05. The SMILES string of the molecule is CC(C)[C@@H](C(=O)N1CCCC1)N1C(=O)c2ccccc2C1=O. The highest BCUT2D eigenvalue weighted by Crippen LogP contribution is 2.28. The van der Waals surface area contributed by atoms with Crippen molar-refractivity contribution in [2.24, 2.45) is 5.92 Å². The zero-order valence-electron chi connectivity index (χ0n) is 12.9. The predicted molar refractivity (Wildman–Crippen MR) is 81.4 cm³/mol. The highest BCUT2D eigenvalue weighted by atomic mass is 16.2. The van der Waals surface area contributed by atoms with E-state index in [4.69, 9.17) is 0 Å². The number of imide groups is 1. The van der Waals surface area contributed by atoms with E-state index in [0.717, 1.165) is 17.7 Å². The minimum Gasteiger partial charge on any atom is -0.341 e. The highest BCUT2D eigenvalue weighted by molar-refractivity contribution is 6.22. The number of benzene rings is 1. The second-order valence-electron chi connectivity index (χ2n) is 6.25. The summed E-state index contributed by atoms with van der Waals surface area (Å²) in [5, 5.41) is 0. The molecule has 0 bridgehead atoms. The molecule has 2 heterocycles. The molecule has 22 heavy (non-hydrogen) atoms. The van der Waals surface area contributed by atoms with E-state index in [0.29, 0.717) is 24.2 Å². The Bertz CT molecular complexity index is 598. The maximum absolute atomic E-state index is 12.8. The minimum atomic E-state index is -0.717. The summed E-state index contributed by atoms with van der Waals surface area (Å²) >= 11 is 0. The maximum atomic E-state index is 12.8. The van der Waals surface area contributed by atoms with Gasteiger partial charge < -0.3 is 4.90 Å². The third-order valence-corrected chi connectivity index (χ3v) is 4.41. The second kappa shape index (κ2) is 5.55. The number of nitrogens with zero attached hydrogens (tertiary/aromatic N) is 2. The molecule has 0 aliphatic carbocycles. The molecule has 0 saturated carbocycles. The molecule has 2 aliphatic rings. The van der Waals surface area contributed by atoms with Gasteiger partial charge in [-0.25, -0.2) is 0 Å². The van der Waals surface area contributed by atoms with E-state index < -0.39 is 6.04 Å². The van der Waals surface area contributed by atoms with Crippen molar-refractivity contribution in [1.29, 1.82) is 0 Å². The summed E-state index contributed by atoms with van der Waals surface area (Å²) < 4.78 is 0. The van der Waals surface area contributed by atoms with Gasteiger partial charge in [0.05, 0.1) is 11.1 Å². The number of carbonyl (C=O) groups is 3. The average molecular weight is 300 g/mol. The van der Waals surface area contributed by atoms with Crippen LogP contribution in [0, 0.1) is 5.92 Å². The van der Waals surface area contributed by atoms with Crippen LogP contribution < -0.4 is 0 Å². The standard InChI is InChI=1S/C17H20N2O3/c1-11(2)14(17(22)18-9-5-6-10-18)19-15(20)12-7-3-4-8-13(12)16(19)21/h3-4,7-8,11,14H,5-6,9-10H2,1-2H3/t14-/m0/s1. The van der Waals surface area contributed by atoms with Gasteiger partial charge in [-0.2, -0.15) is 0 Å². The van der Waals surface area contributed by atoms with Crippen molar-refractivity contribution in [2.45, 2.75) is 32.7 Å². The van der Waals surface area contributed by atoms with Crippen LogP contribution >= 0.6 is 0 Å². The largest absolute Gasteiger partial charge is 0.341 e. The minimum absolute atomic E-state index is 0.109. The van der Waals surface area contributed by atoms with Crippen molar-refractivity contribution in [3.63, 3.8) is 0 Å². The molecule has 0 aromatic heterocycles. The number of amides is 3. The lowest BCUT2D eigenvalue weighted by molar-refractivity contribution is -0.135. The van der Waals surface area contributed by atoms with Crippen LogP contribution in [0.15, 0.2) is 24.3 Å². The van der Waals surface area contributed by atoms with Crippen LogP contribution in [0.5, 0.6) is 0 Å². The fraction of sp³-hybridized carbons (Fsp3) is 0.471. The van der Waals surface area contributed by atoms with Crippen LogP contribution in [0.4, 0.5) is 0 Å². The van der Waals surface area contributed by atoms with E-state index in [1.54, 1.807) is 29.2 Å². The van der Waals surface area contributed by atoms with E-state index in [1.807, 2.05) is 13.8 Å². The molecule has 3 amide bonds. The van der Waals surface area contributed by atoms with Gasteiger partial charge in [-0.1, -0.05) is 26.0 Å². The van der Waals surface area contributed by atoms with Gasteiger partial charge in [0.15, 0.2) is 0 Å². The third-order valence-electron chi connectivity index (χ3n) is 4.41. The molecular formula is C17H20N2O3. The number of rotatable bonds is 3. The Kier molecular flexibility index (Phi) is 3.72. The molecule has 1 atom stereocenters. The fourth-order valence-corrected chi connectivity index (χ4v) is 3.28. The molecule has 2 aliphatic heterocycles. The smallest absolute Gasteiger partial charge is 0.262 e. The molecule has 5 nitrogen and oxygen atoms in total. The molecule has 0 radical (unpaired) electrons. The third kappa shape index (κ3) is 2.21. The maximum Gasteiger partial charge on any atom is 0.262 e. The number of likely N-dealkylation sites (tertiary alicyclic amines) is 1. The first kappa shape index (κ1) is 14.8. The first-order chi connectivity index (χ1) is 10.5. The van der Waals surface area contributed by atoms with Gasteiger partial charge in [0.1, 0.15) is 6.04 Å². The lowest BCUT2D eigenvalue weighted by Crippen LogP contribution is -2.52. The number of carbonyl (C=O) groups excluding carboxylic acids is 3. The van der Waals surface area contributed by atoms with Crippen LogP contribution in [0.1, 0.15) is 47.4 Å². The van der Waals surface area contributed by atoms with E-state index in [-0.39, 0.29) is 23.6 Å². The van der Waals surface area contributed by atoms with Gasteiger partial charge >= 0.3 is 0 Å². The summed E-state index contributed by atoms with van der Waals surface area (Å²) in [4.78, 5) is 40.9. The number of fused-ring (bicyclic) bond motifs is 1. The van der Waals surface area contributed by atoms with Crippen LogP contribution in [0.25, 0.3) is 0 Å². The molecule has 3 rings (SSSR count). The molecule has 5 heteroatoms. The number of hydrogen-bond donors (Lipinski definition) is 0. The lowest BCUT2D eigenvalue weighted by atomic mass is 10.0. The van der Waals surface area contributed by atoms with Gasteiger partial charge in [0.25, 0.3) is 11.8 Å². The van der Waals surface area contributed by atoms with E-state index in [2.05, 4.69) is 0 Å². The Labute approximate surface area is 129 Å². The summed E-state index contributed by atoms with van der Waals surface area (Å²) in [7, 11) is 0. The summed E-state index contributed by atoms with van der Waals surface area (Å²) in [5.74, 6) is -0.934. The topological polar surface area (TPSA) is 57.7 Å². The van der Waals surface area contributed by atoms with Gasteiger partial charge in [0, 0.05) is 13.1 Å². The fourth-order valence-electron chi connectivity index (χ4n) is 3.28. The van der Waals surface area contributed by atoms with E-state index in [9.17, 15) is 14.4 Å². The van der Waals surface area contributed by atoms with E-state index >= 15 is 0 Å². The summed E-state index contributed by atoms with van der Waals surface area (Å²) in [5.41, 5.74) is 0.791. The summed E-state index contributed by atoms with van der Waals surface area (Å²) in [6.45, 7) is 5.18. The Morgan fingerprint density at radius 2 is 1.50 bits per heavy atom. The molecule has 1 aromatic carbocycles. The van der Waals surface area contributed by atoms with Crippen LogP contribution in [-0.4, -0.2) is 46.7 Å². The molecule has 1 aromatic rings. The van der Waals surface area contributed by atoms with Gasteiger partial charge in [-0.3, -0.25) is 19.3 Å². The molecule has 0 unspecified atom stereocenters. The molecule has 1 fully saturated rings. The monoisotopic (exact) mass is 300 g/mol. The summed E-state index contributed by atoms with van der Waals surface area (Å²) in [6.07, 6.45) is 1.97. The van der Waals surface area contributed by atoms with Crippen LogP contribution in [0.2, 0.25) is 0 Å². The van der Waals surface area contributed by atoms with Crippen LogP contribution in [0.3, 0.4) is 0 Å². The Morgan fingerprint density at radius 1 is 1.00 bits per heavy atom. The Morgan fingerprint density at radius 3 is 1.95 bits per heavy atom. The highest BCUT2D eigenvalue weighted by Gasteiger charge is 2.45. The van der Waals surface area contributed by atoms with Crippen molar-refractivity contribution >= 4 is 17.7 Å². The molecule has 0 spiro atoms. The predicted octanol–water partition coefficient (Wildman–Crippen LogP) is 1.93. The van der Waals surface area contributed by atoms with Crippen molar-refractivity contribution in [2.75, 3.05) is 13.1 Å². The first-order valence-corrected chi connectivity index (χ1v) is 7.78. The first-order valence-electron chi connectivity index (χ1n) is 7.78. The zero-order chi connectivity index (χ0) is 15.9. The van der Waals surface area contributed by atoms with Crippen LogP contribution in [-0.2, 0) is 4.79 Å². The normalized spacial score (nSPS) is 19.0. The number of hydrogen-bond acceptors (Lipinski definition) is 3. The second-order valence-corrected chi connectivity index (χ2v) is 6.25. The Hall–Kier alpha value is -2.17. The molecular weight excluding hydrogens is 280 g/mol. The molecule has 0 N–H and O–H groups in total. The Balaban J connectivity index is 1.95. The van der Waals surface area contributed by atoms with Crippen molar-refractivity contribution in [3.8, 4) is 0 Å². The van der Waals surface area contributed by atoms with Crippen molar-refractivity contribution < 1.29 is 14.4 Å². The van der Waals surface area contributed by atoms with Crippen molar-refractivity contribution in [3.05, 3.63) is 35.4 Å². The lowest BCUT2D eigenvalue weighted by Gasteiger charge is -2.31. The van der Waals surface area contributed by atoms with Gasteiger partial charge in [-0.15, -0.1) is 0 Å². The average Bonchev–Trinajstić information content (AvgIpc) is 3.11. The van der Waals surface area contributed by atoms with Crippen molar-refractivity contribution in [1.82, 2.24) is 9.80 Å². The van der Waals surface area contributed by atoms with Gasteiger partial charge in [0.2, 0.25) is 5.91 Å². The molecule has 116 valence electrons. The van der Waals surface area contributed by atoms with E-state index in [1.165, 1.54) is 0 Å². The quantitative estimate of drug-likeness (QED) is 0.801.